The van der Waals surface area contributed by atoms with Gasteiger partial charge < -0.3 is 19.4 Å². The molecule has 0 bridgehead atoms. The van der Waals surface area contributed by atoms with E-state index in [0.717, 1.165) is 24.2 Å². The monoisotopic (exact) mass is 323 g/mol. The van der Waals surface area contributed by atoms with Crippen molar-refractivity contribution in [3.63, 3.8) is 0 Å². The van der Waals surface area contributed by atoms with Gasteiger partial charge >= 0.3 is 7.12 Å². The van der Waals surface area contributed by atoms with Crippen molar-refractivity contribution in [1.29, 1.82) is 0 Å². The number of hydrogen-bond acceptors (Lipinski definition) is 4. The predicted molar refractivity (Wildman–Crippen MR) is 88.7 cm³/mol. The van der Waals surface area contributed by atoms with Crippen molar-refractivity contribution in [3.05, 3.63) is 28.8 Å². The van der Waals surface area contributed by atoms with Gasteiger partial charge in [0.25, 0.3) is 0 Å². The Kier molecular flexibility index (Phi) is 4.29. The summed E-state index contributed by atoms with van der Waals surface area (Å²) >= 11 is 6.31. The Labute approximate surface area is 137 Å². The van der Waals surface area contributed by atoms with Crippen molar-refractivity contribution < 1.29 is 14.0 Å². The van der Waals surface area contributed by atoms with Crippen molar-refractivity contribution in [2.75, 3.05) is 19.8 Å². The molecule has 1 atom stereocenters. The minimum Gasteiger partial charge on any atom is -0.399 e. The van der Waals surface area contributed by atoms with Gasteiger partial charge in [-0.25, -0.2) is 0 Å². The molecule has 1 aromatic carbocycles. The molecule has 2 fully saturated rings. The maximum Gasteiger partial charge on any atom is 0.494 e. The van der Waals surface area contributed by atoms with Gasteiger partial charge in [-0.2, -0.15) is 0 Å². The fourth-order valence-corrected chi connectivity index (χ4v) is 2.98. The molecular weight excluding hydrogens is 300 g/mol. The third-order valence-electron chi connectivity index (χ3n) is 4.79. The van der Waals surface area contributed by atoms with Crippen LogP contribution in [0.25, 0.3) is 0 Å². The van der Waals surface area contributed by atoms with Crippen LogP contribution in [0, 0.1) is 0 Å². The Bertz CT molecular complexity index is 542. The molecule has 6 heteroatoms. The number of rotatable bonds is 2. The Morgan fingerprint density at radius 1 is 1.14 bits per heavy atom. The lowest BCUT2D eigenvalue weighted by Gasteiger charge is -2.32. The maximum atomic E-state index is 6.31. The zero-order chi connectivity index (χ0) is 16.0. The fourth-order valence-electron chi connectivity index (χ4n) is 2.73. The van der Waals surface area contributed by atoms with Crippen LogP contribution in [0.15, 0.2) is 18.2 Å². The molecule has 0 aromatic heterocycles. The number of nitrogens with one attached hydrogen (secondary N) is 1. The molecule has 1 N–H and O–H groups in total. The van der Waals surface area contributed by atoms with E-state index < -0.39 is 7.12 Å². The van der Waals surface area contributed by atoms with E-state index >= 15 is 0 Å². The molecule has 1 aromatic rings. The van der Waals surface area contributed by atoms with E-state index in [1.165, 1.54) is 0 Å². The summed E-state index contributed by atoms with van der Waals surface area (Å²) in [4.78, 5) is 0. The zero-order valence-corrected chi connectivity index (χ0v) is 14.4. The van der Waals surface area contributed by atoms with Crippen LogP contribution in [0.5, 0.6) is 0 Å². The van der Waals surface area contributed by atoms with Crippen LogP contribution in [0.1, 0.15) is 39.3 Å². The third kappa shape index (κ3) is 3.06. The topological polar surface area (TPSA) is 39.7 Å². The smallest absolute Gasteiger partial charge is 0.399 e. The van der Waals surface area contributed by atoms with Crippen molar-refractivity contribution in [1.82, 2.24) is 5.32 Å². The molecule has 2 saturated heterocycles. The number of hydrogen-bond donors (Lipinski definition) is 1. The average molecular weight is 324 g/mol. The summed E-state index contributed by atoms with van der Waals surface area (Å²) in [7, 11) is -0.396. The maximum absolute atomic E-state index is 6.31. The van der Waals surface area contributed by atoms with Crippen LogP contribution in [0.2, 0.25) is 5.02 Å². The summed E-state index contributed by atoms with van der Waals surface area (Å²) in [6, 6.07) is 6.15. The van der Waals surface area contributed by atoms with Gasteiger partial charge in [0.15, 0.2) is 0 Å². The number of morpholine rings is 1. The van der Waals surface area contributed by atoms with E-state index in [1.807, 2.05) is 12.1 Å². The molecule has 0 saturated carbocycles. The Balaban J connectivity index is 1.87. The molecule has 2 heterocycles. The Morgan fingerprint density at radius 3 is 2.41 bits per heavy atom. The first-order valence-electron chi connectivity index (χ1n) is 7.76. The van der Waals surface area contributed by atoms with Crippen molar-refractivity contribution in [3.8, 4) is 0 Å². The quantitative estimate of drug-likeness (QED) is 0.848. The van der Waals surface area contributed by atoms with Crippen LogP contribution in [0.4, 0.5) is 0 Å². The molecule has 0 aliphatic carbocycles. The second-order valence-electron chi connectivity index (χ2n) is 6.99. The Hall–Kier alpha value is -0.585. The SMILES string of the molecule is CC1(C)OB(c2cc(Cl)cc(C3COCCN3)c2)OC1(C)C. The molecule has 4 nitrogen and oxygen atoms in total. The highest BCUT2D eigenvalue weighted by atomic mass is 35.5. The summed E-state index contributed by atoms with van der Waals surface area (Å²) in [5.74, 6) is 0. The summed E-state index contributed by atoms with van der Waals surface area (Å²) in [6.45, 7) is 10.5. The van der Waals surface area contributed by atoms with E-state index in [-0.39, 0.29) is 17.2 Å². The summed E-state index contributed by atoms with van der Waals surface area (Å²) in [6.07, 6.45) is 0. The van der Waals surface area contributed by atoms with Crippen LogP contribution in [-0.2, 0) is 14.0 Å². The molecule has 0 amide bonds. The van der Waals surface area contributed by atoms with Gasteiger partial charge in [0.05, 0.1) is 30.5 Å². The van der Waals surface area contributed by atoms with Crippen LogP contribution < -0.4 is 10.8 Å². The fraction of sp³-hybridized carbons (Fsp3) is 0.625. The molecular formula is C16H23BClNO3. The number of halogens is 1. The normalized spacial score (nSPS) is 27.1. The molecule has 1 unspecified atom stereocenters. The second kappa shape index (κ2) is 5.80. The number of benzene rings is 1. The minimum absolute atomic E-state index is 0.161. The first-order valence-corrected chi connectivity index (χ1v) is 8.13. The number of ether oxygens (including phenoxy) is 1. The van der Waals surface area contributed by atoms with Gasteiger partial charge in [-0.15, -0.1) is 0 Å². The largest absolute Gasteiger partial charge is 0.494 e. The van der Waals surface area contributed by atoms with Crippen LogP contribution in [0.3, 0.4) is 0 Å². The third-order valence-corrected chi connectivity index (χ3v) is 5.01. The lowest BCUT2D eigenvalue weighted by molar-refractivity contribution is 0.00578. The van der Waals surface area contributed by atoms with Gasteiger partial charge in [-0.05, 0) is 50.9 Å². The first kappa shape index (κ1) is 16.3. The van der Waals surface area contributed by atoms with Crippen molar-refractivity contribution >= 4 is 24.2 Å². The molecule has 0 radical (unpaired) electrons. The summed E-state index contributed by atoms with van der Waals surface area (Å²) in [5, 5.41) is 4.14. The molecule has 0 spiro atoms. The highest BCUT2D eigenvalue weighted by molar-refractivity contribution is 6.62. The average Bonchev–Trinajstić information content (AvgIpc) is 2.68. The highest BCUT2D eigenvalue weighted by Gasteiger charge is 2.51. The lowest BCUT2D eigenvalue weighted by Crippen LogP contribution is -2.41. The highest BCUT2D eigenvalue weighted by Crippen LogP contribution is 2.36. The first-order chi connectivity index (χ1) is 10.3. The van der Waals surface area contributed by atoms with Gasteiger partial charge in [-0.1, -0.05) is 17.7 Å². The molecule has 22 heavy (non-hydrogen) atoms. The predicted octanol–water partition coefficient (Wildman–Crippen LogP) is 2.30. The van der Waals surface area contributed by atoms with Crippen LogP contribution >= 0.6 is 11.6 Å². The van der Waals surface area contributed by atoms with E-state index in [1.54, 1.807) is 0 Å². The molecule has 3 rings (SSSR count). The van der Waals surface area contributed by atoms with Gasteiger partial charge in [0.2, 0.25) is 0 Å². The van der Waals surface area contributed by atoms with E-state index in [0.29, 0.717) is 11.6 Å². The second-order valence-corrected chi connectivity index (χ2v) is 7.42. The lowest BCUT2D eigenvalue weighted by atomic mass is 9.78. The van der Waals surface area contributed by atoms with Gasteiger partial charge in [0, 0.05) is 11.6 Å². The van der Waals surface area contributed by atoms with Crippen molar-refractivity contribution in [2.24, 2.45) is 0 Å². The van der Waals surface area contributed by atoms with Gasteiger partial charge in [0.1, 0.15) is 0 Å². The van der Waals surface area contributed by atoms with Gasteiger partial charge in [-0.3, -0.25) is 0 Å². The molecule has 120 valence electrons. The zero-order valence-electron chi connectivity index (χ0n) is 13.6. The van der Waals surface area contributed by atoms with Crippen LogP contribution in [-0.4, -0.2) is 38.1 Å². The van der Waals surface area contributed by atoms with E-state index in [9.17, 15) is 0 Å². The summed E-state index contributed by atoms with van der Waals surface area (Å²) < 4.78 is 17.8. The molecule has 2 aliphatic rings. The minimum atomic E-state index is -0.396. The molecule has 2 aliphatic heterocycles. The van der Waals surface area contributed by atoms with Crippen molar-refractivity contribution in [2.45, 2.75) is 44.9 Å². The van der Waals surface area contributed by atoms with E-state index in [2.05, 4.69) is 39.1 Å². The Morgan fingerprint density at radius 2 is 1.82 bits per heavy atom. The van der Waals surface area contributed by atoms with E-state index in [4.69, 9.17) is 25.6 Å². The standard InChI is InChI=1S/C16H23BClNO3/c1-15(2)16(3,4)22-17(21-15)12-7-11(8-13(18)9-12)14-10-20-6-5-19-14/h7-9,14,19H,5-6,10H2,1-4H3. The summed E-state index contributed by atoms with van der Waals surface area (Å²) in [5.41, 5.74) is 1.35.